The first-order valence-corrected chi connectivity index (χ1v) is 10.6. The molecule has 1 aromatic carbocycles. The molecule has 7 heteroatoms. The number of rotatable bonds is 5. The van der Waals surface area contributed by atoms with Crippen LogP contribution in [0.5, 0.6) is 0 Å². The highest BCUT2D eigenvalue weighted by molar-refractivity contribution is 7.90. The van der Waals surface area contributed by atoms with Gasteiger partial charge in [-0.2, -0.15) is 0 Å². The fraction of sp³-hybridized carbons (Fsp3) is 0.333. The third-order valence-corrected chi connectivity index (χ3v) is 6.64. The lowest BCUT2D eigenvalue weighted by Crippen LogP contribution is -2.13. The van der Waals surface area contributed by atoms with Crippen molar-refractivity contribution in [1.82, 2.24) is 14.5 Å². The van der Waals surface area contributed by atoms with E-state index in [0.29, 0.717) is 11.6 Å². The Morgan fingerprint density at radius 3 is 2.68 bits per heavy atom. The van der Waals surface area contributed by atoms with Crippen LogP contribution >= 0.6 is 11.3 Å². The molecule has 0 bridgehead atoms. The number of hydrogen-bond acceptors (Lipinski definition) is 5. The minimum Gasteiger partial charge on any atom is -0.290 e. The summed E-state index contributed by atoms with van der Waals surface area (Å²) in [5.74, 6) is 0.149. The van der Waals surface area contributed by atoms with Gasteiger partial charge in [0.1, 0.15) is 5.75 Å². The van der Waals surface area contributed by atoms with Gasteiger partial charge in [-0.1, -0.05) is 26.0 Å². The fourth-order valence-electron chi connectivity index (χ4n) is 2.60. The average Bonchev–Trinajstić information content (AvgIpc) is 3.18. The Morgan fingerprint density at radius 2 is 2.00 bits per heavy atom. The molecule has 2 aromatic heterocycles. The molecule has 132 valence electrons. The zero-order valence-corrected chi connectivity index (χ0v) is 16.4. The van der Waals surface area contributed by atoms with Gasteiger partial charge in [0.25, 0.3) is 0 Å². The molecule has 0 spiro atoms. The van der Waals surface area contributed by atoms with Gasteiger partial charge in [-0.3, -0.25) is 4.57 Å². The summed E-state index contributed by atoms with van der Waals surface area (Å²) in [5.41, 5.74) is 3.47. The van der Waals surface area contributed by atoms with Crippen molar-refractivity contribution in [3.63, 3.8) is 0 Å². The normalized spacial score (nSPS) is 12.0. The van der Waals surface area contributed by atoms with Gasteiger partial charge < -0.3 is 0 Å². The molecular weight excluding hydrogens is 354 g/mol. The molecule has 0 saturated carbocycles. The second-order valence-corrected chi connectivity index (χ2v) is 9.23. The van der Waals surface area contributed by atoms with E-state index in [-0.39, 0.29) is 10.9 Å². The molecule has 0 atom stereocenters. The summed E-state index contributed by atoms with van der Waals surface area (Å²) in [6.07, 6.45) is 3.21. The van der Waals surface area contributed by atoms with Gasteiger partial charge in [-0.25, -0.2) is 18.4 Å². The molecular formula is C18H21N3O2S2. The zero-order chi connectivity index (χ0) is 18.2. The quantitative estimate of drug-likeness (QED) is 0.675. The van der Waals surface area contributed by atoms with Gasteiger partial charge in [0.05, 0.1) is 16.4 Å². The number of hydrogen-bond donors (Lipinski definition) is 0. The van der Waals surface area contributed by atoms with Crippen molar-refractivity contribution in [2.24, 2.45) is 0 Å². The fourth-order valence-corrected chi connectivity index (χ4v) is 4.88. The van der Waals surface area contributed by atoms with Crippen LogP contribution in [0.2, 0.25) is 0 Å². The monoisotopic (exact) mass is 375 g/mol. The molecule has 3 rings (SSSR count). The van der Waals surface area contributed by atoms with E-state index in [1.807, 2.05) is 51.3 Å². The molecule has 0 aliphatic rings. The van der Waals surface area contributed by atoms with Gasteiger partial charge in [0.15, 0.2) is 0 Å². The summed E-state index contributed by atoms with van der Waals surface area (Å²) in [7, 11) is -3.59. The van der Waals surface area contributed by atoms with E-state index in [9.17, 15) is 8.42 Å². The Hall–Kier alpha value is -1.99. The van der Waals surface area contributed by atoms with Crippen LogP contribution in [0.3, 0.4) is 0 Å². The van der Waals surface area contributed by atoms with Crippen molar-refractivity contribution in [2.75, 3.05) is 0 Å². The van der Waals surface area contributed by atoms with Crippen LogP contribution in [0.25, 0.3) is 5.69 Å². The standard InChI is InChI=1S/C18H21N3O2S2/c1-12(2)17-20-15(10-24-17)11-25(22,23)18-19-7-8-21(18)16-9-13(3)5-6-14(16)4/h5-10,12H,11H2,1-4H3. The Morgan fingerprint density at radius 1 is 1.24 bits per heavy atom. The third kappa shape index (κ3) is 3.67. The highest BCUT2D eigenvalue weighted by atomic mass is 32.2. The number of benzene rings is 1. The zero-order valence-electron chi connectivity index (χ0n) is 14.7. The topological polar surface area (TPSA) is 64.8 Å². The van der Waals surface area contributed by atoms with Gasteiger partial charge in [-0.15, -0.1) is 11.3 Å². The average molecular weight is 376 g/mol. The molecule has 0 saturated heterocycles. The SMILES string of the molecule is Cc1ccc(C)c(-n2ccnc2S(=O)(=O)Cc2csc(C(C)C)n2)c1. The molecule has 0 radical (unpaired) electrons. The summed E-state index contributed by atoms with van der Waals surface area (Å²) < 4.78 is 27.5. The summed E-state index contributed by atoms with van der Waals surface area (Å²) in [5, 5.41) is 2.82. The summed E-state index contributed by atoms with van der Waals surface area (Å²) >= 11 is 1.50. The highest BCUT2D eigenvalue weighted by Crippen LogP contribution is 2.24. The minimum absolute atomic E-state index is 0.0558. The van der Waals surface area contributed by atoms with Crippen LogP contribution < -0.4 is 0 Å². The van der Waals surface area contributed by atoms with E-state index in [1.165, 1.54) is 17.5 Å². The second-order valence-electron chi connectivity index (χ2n) is 6.46. The molecule has 0 unspecified atom stereocenters. The Bertz CT molecular complexity index is 1000. The van der Waals surface area contributed by atoms with Gasteiger partial charge >= 0.3 is 0 Å². The van der Waals surface area contributed by atoms with E-state index >= 15 is 0 Å². The summed E-state index contributed by atoms with van der Waals surface area (Å²) in [6, 6.07) is 5.96. The Labute approximate surface area is 152 Å². The van der Waals surface area contributed by atoms with Crippen molar-refractivity contribution in [1.29, 1.82) is 0 Å². The van der Waals surface area contributed by atoms with E-state index in [2.05, 4.69) is 9.97 Å². The first kappa shape index (κ1) is 17.8. The molecule has 0 aliphatic heterocycles. The number of aromatic nitrogens is 3. The maximum Gasteiger partial charge on any atom is 0.232 e. The molecule has 0 amide bonds. The molecule has 2 heterocycles. The minimum atomic E-state index is -3.59. The number of imidazole rings is 1. The van der Waals surface area contributed by atoms with Gasteiger partial charge in [0.2, 0.25) is 15.0 Å². The van der Waals surface area contributed by atoms with E-state index in [1.54, 1.807) is 10.8 Å². The Balaban J connectivity index is 1.99. The van der Waals surface area contributed by atoms with Gasteiger partial charge in [-0.05, 0) is 31.0 Å². The van der Waals surface area contributed by atoms with Crippen molar-refractivity contribution in [3.8, 4) is 5.69 Å². The smallest absolute Gasteiger partial charge is 0.232 e. The number of sulfone groups is 1. The molecule has 0 aliphatic carbocycles. The predicted molar refractivity (Wildman–Crippen MR) is 100 cm³/mol. The molecule has 5 nitrogen and oxygen atoms in total. The number of thiazole rings is 1. The number of nitrogens with zero attached hydrogens (tertiary/aromatic N) is 3. The maximum atomic E-state index is 12.9. The van der Waals surface area contributed by atoms with E-state index in [0.717, 1.165) is 21.8 Å². The summed E-state index contributed by atoms with van der Waals surface area (Å²) in [6.45, 7) is 8.03. The predicted octanol–water partition coefficient (Wildman–Crippen LogP) is 4.04. The lowest BCUT2D eigenvalue weighted by Gasteiger charge is -2.11. The summed E-state index contributed by atoms with van der Waals surface area (Å²) in [4.78, 5) is 8.56. The largest absolute Gasteiger partial charge is 0.290 e. The second kappa shape index (κ2) is 6.72. The first-order valence-electron chi connectivity index (χ1n) is 8.06. The first-order chi connectivity index (χ1) is 11.8. The Kier molecular flexibility index (Phi) is 4.79. The van der Waals surface area contributed by atoms with Crippen molar-refractivity contribution in [3.05, 3.63) is 57.8 Å². The molecule has 0 N–H and O–H groups in total. The molecule has 3 aromatic rings. The lowest BCUT2D eigenvalue weighted by molar-refractivity contribution is 0.582. The number of aryl methyl sites for hydroxylation is 2. The highest BCUT2D eigenvalue weighted by Gasteiger charge is 2.24. The lowest BCUT2D eigenvalue weighted by atomic mass is 10.1. The third-order valence-electron chi connectivity index (χ3n) is 3.91. The van der Waals surface area contributed by atoms with Crippen molar-refractivity contribution >= 4 is 21.2 Å². The van der Waals surface area contributed by atoms with Crippen LogP contribution in [0.1, 0.15) is 41.6 Å². The van der Waals surface area contributed by atoms with Crippen LogP contribution in [-0.4, -0.2) is 23.0 Å². The van der Waals surface area contributed by atoms with Crippen LogP contribution in [0.4, 0.5) is 0 Å². The van der Waals surface area contributed by atoms with Gasteiger partial charge in [0, 0.05) is 23.7 Å². The van der Waals surface area contributed by atoms with Crippen molar-refractivity contribution in [2.45, 2.75) is 44.5 Å². The van der Waals surface area contributed by atoms with E-state index in [4.69, 9.17) is 0 Å². The van der Waals surface area contributed by atoms with Crippen molar-refractivity contribution < 1.29 is 8.42 Å². The van der Waals surface area contributed by atoms with Crippen LogP contribution in [0.15, 0.2) is 41.1 Å². The maximum absolute atomic E-state index is 12.9. The van der Waals surface area contributed by atoms with Crippen LogP contribution in [0, 0.1) is 13.8 Å². The van der Waals surface area contributed by atoms with E-state index < -0.39 is 9.84 Å². The van der Waals surface area contributed by atoms with Crippen LogP contribution in [-0.2, 0) is 15.6 Å². The molecule has 25 heavy (non-hydrogen) atoms. The molecule has 0 fully saturated rings.